The van der Waals surface area contributed by atoms with Gasteiger partial charge in [-0.3, -0.25) is 4.79 Å². The lowest BCUT2D eigenvalue weighted by Crippen LogP contribution is -2.46. The molecule has 2 amide bonds. The maximum absolute atomic E-state index is 13.9. The minimum atomic E-state index is -0.766. The van der Waals surface area contributed by atoms with Crippen LogP contribution in [0, 0.1) is 5.92 Å². The molecule has 9 heteroatoms. The highest BCUT2D eigenvalue weighted by molar-refractivity contribution is 5.97. The van der Waals surface area contributed by atoms with Crippen LogP contribution >= 0.6 is 0 Å². The number of carbonyl (C=O) groups excluding carboxylic acids is 2. The van der Waals surface area contributed by atoms with Gasteiger partial charge in [-0.25, -0.2) is 4.79 Å². The lowest BCUT2D eigenvalue weighted by molar-refractivity contribution is -0.118. The van der Waals surface area contributed by atoms with E-state index in [1.165, 1.54) is 11.1 Å². The molecular weight excluding hydrogens is 616 g/mol. The summed E-state index contributed by atoms with van der Waals surface area (Å²) in [6, 6.07) is 21.3. The van der Waals surface area contributed by atoms with E-state index in [4.69, 9.17) is 14.2 Å². The first kappa shape index (κ1) is 36.2. The number of amides is 2. The van der Waals surface area contributed by atoms with E-state index in [-0.39, 0.29) is 18.4 Å². The van der Waals surface area contributed by atoms with Crippen molar-refractivity contribution in [1.82, 2.24) is 15.5 Å². The first-order valence-electron chi connectivity index (χ1n) is 18.3. The Morgan fingerprint density at radius 2 is 1.55 bits per heavy atom. The second-order valence-electron chi connectivity index (χ2n) is 13.0. The molecule has 1 heterocycles. The molecule has 3 aromatic rings. The van der Waals surface area contributed by atoms with E-state index in [1.54, 1.807) is 0 Å². The van der Waals surface area contributed by atoms with Crippen molar-refractivity contribution in [2.45, 2.75) is 71.3 Å². The van der Waals surface area contributed by atoms with Gasteiger partial charge in [0.1, 0.15) is 24.1 Å². The van der Waals surface area contributed by atoms with Gasteiger partial charge in [0, 0.05) is 18.5 Å². The number of nitrogens with one attached hydrogen (secondary N) is 3. The molecule has 3 aromatic carbocycles. The van der Waals surface area contributed by atoms with Crippen LogP contribution in [0.3, 0.4) is 0 Å². The molecule has 9 nitrogen and oxygen atoms in total. The van der Waals surface area contributed by atoms with E-state index < -0.39 is 12.1 Å². The maximum atomic E-state index is 13.9. The van der Waals surface area contributed by atoms with Crippen molar-refractivity contribution >= 4 is 17.7 Å². The third-order valence-corrected chi connectivity index (χ3v) is 9.73. The van der Waals surface area contributed by atoms with Crippen LogP contribution in [0.5, 0.6) is 11.5 Å². The molecule has 264 valence electrons. The number of anilines is 1. The Bertz CT molecular complexity index is 1460. The average molecular weight is 671 g/mol. The monoisotopic (exact) mass is 670 g/mol. The molecule has 0 spiro atoms. The molecule has 2 aliphatic rings. The van der Waals surface area contributed by atoms with Crippen LogP contribution in [0.15, 0.2) is 66.7 Å². The molecule has 0 saturated carbocycles. The summed E-state index contributed by atoms with van der Waals surface area (Å²) in [4.78, 5) is 29.6. The van der Waals surface area contributed by atoms with Gasteiger partial charge in [-0.15, -0.1) is 0 Å². The molecule has 5 rings (SSSR count). The van der Waals surface area contributed by atoms with Gasteiger partial charge in [-0.1, -0.05) is 75.7 Å². The number of nitrogens with zero attached hydrogens (tertiary/aromatic N) is 1. The summed E-state index contributed by atoms with van der Waals surface area (Å²) in [5, 5.41) is 9.39. The van der Waals surface area contributed by atoms with Crippen molar-refractivity contribution in [2.75, 3.05) is 57.9 Å². The number of piperidine rings is 1. The minimum Gasteiger partial charge on any atom is -0.493 e. The lowest BCUT2D eigenvalue weighted by atomic mass is 9.90. The fourth-order valence-corrected chi connectivity index (χ4v) is 6.84. The summed E-state index contributed by atoms with van der Waals surface area (Å²) >= 11 is 0. The van der Waals surface area contributed by atoms with Crippen molar-refractivity contribution in [2.24, 2.45) is 5.92 Å². The molecule has 0 radical (unpaired) electrons. The molecule has 3 N–H and O–H groups in total. The number of hydrogen-bond acceptors (Lipinski definition) is 7. The summed E-state index contributed by atoms with van der Waals surface area (Å²) < 4.78 is 18.1. The van der Waals surface area contributed by atoms with Crippen molar-refractivity contribution in [3.05, 3.63) is 77.9 Å². The first-order chi connectivity index (χ1) is 24.0. The predicted octanol–water partition coefficient (Wildman–Crippen LogP) is 7.21. The molecule has 49 heavy (non-hydrogen) atoms. The molecule has 1 unspecified atom stereocenters. The maximum Gasteiger partial charge on any atom is 0.407 e. The normalized spacial score (nSPS) is 14.9. The molecular formula is C40H54N4O5. The van der Waals surface area contributed by atoms with E-state index in [0.29, 0.717) is 42.7 Å². The van der Waals surface area contributed by atoms with Crippen LogP contribution in [-0.4, -0.2) is 75.5 Å². The fourth-order valence-electron chi connectivity index (χ4n) is 6.84. The molecule has 1 aliphatic carbocycles. The van der Waals surface area contributed by atoms with Crippen LogP contribution in [0.2, 0.25) is 0 Å². The highest BCUT2D eigenvalue weighted by atomic mass is 16.5. The Kier molecular flexibility index (Phi) is 13.8. The first-order valence-corrected chi connectivity index (χ1v) is 18.3. The van der Waals surface area contributed by atoms with E-state index in [1.807, 2.05) is 42.5 Å². The zero-order valence-corrected chi connectivity index (χ0v) is 29.5. The van der Waals surface area contributed by atoms with Crippen LogP contribution in [0.1, 0.15) is 76.3 Å². The van der Waals surface area contributed by atoms with Gasteiger partial charge >= 0.3 is 6.09 Å². The van der Waals surface area contributed by atoms with Crippen molar-refractivity contribution in [3.8, 4) is 22.6 Å². The highest BCUT2D eigenvalue weighted by Crippen LogP contribution is 2.44. The van der Waals surface area contributed by atoms with Gasteiger partial charge in [0.2, 0.25) is 5.91 Å². The molecule has 1 atom stereocenters. The van der Waals surface area contributed by atoms with E-state index in [2.05, 4.69) is 65.9 Å². The van der Waals surface area contributed by atoms with E-state index >= 15 is 0 Å². The van der Waals surface area contributed by atoms with Crippen molar-refractivity contribution in [3.63, 3.8) is 0 Å². The topological polar surface area (TPSA) is 101 Å². The molecule has 1 saturated heterocycles. The molecule has 1 aliphatic heterocycles. The summed E-state index contributed by atoms with van der Waals surface area (Å²) in [5.74, 6) is 1.21. The number of benzene rings is 3. The van der Waals surface area contributed by atoms with Crippen LogP contribution in [0.25, 0.3) is 11.1 Å². The number of ether oxygens (including phenoxy) is 3. The van der Waals surface area contributed by atoms with Crippen LogP contribution in [-0.2, 0) is 9.53 Å². The van der Waals surface area contributed by atoms with E-state index in [9.17, 15) is 9.59 Å². The smallest absolute Gasteiger partial charge is 0.407 e. The van der Waals surface area contributed by atoms with Crippen LogP contribution in [0.4, 0.5) is 10.5 Å². The van der Waals surface area contributed by atoms with Gasteiger partial charge < -0.3 is 35.1 Å². The fraction of sp³-hybridized carbons (Fsp3) is 0.500. The zero-order chi connectivity index (χ0) is 34.4. The van der Waals surface area contributed by atoms with Gasteiger partial charge in [0.25, 0.3) is 0 Å². The molecule has 0 bridgehead atoms. The minimum absolute atomic E-state index is 0.0596. The number of alkyl carbamates (subject to hydrolysis) is 1. The zero-order valence-electron chi connectivity index (χ0n) is 29.5. The van der Waals surface area contributed by atoms with Gasteiger partial charge in [0.15, 0.2) is 0 Å². The Morgan fingerprint density at radius 3 is 2.22 bits per heavy atom. The average Bonchev–Trinajstić information content (AvgIpc) is 3.45. The Labute approximate surface area is 292 Å². The molecule has 1 fully saturated rings. The quantitative estimate of drug-likeness (QED) is 0.123. The van der Waals surface area contributed by atoms with Crippen molar-refractivity contribution < 1.29 is 23.8 Å². The SMILES string of the molecule is CCCCOc1cc(OCCCN(CC)CC)ccc1NC(=O)C(CC1CCNCC1)NC(=O)OCC1c2ccccc2-c2ccccc21. The number of hydrogen-bond donors (Lipinski definition) is 3. The standard InChI is InChI=1S/C40H54N4O5/c1-4-7-24-48-38-27-30(47-25-12-23-44(5-2)6-3)17-18-36(38)42-39(45)37(26-29-19-21-41-22-20-29)43-40(46)49-28-35-33-15-10-8-13-31(33)32-14-9-11-16-34(32)35/h8-11,13-18,27,29,35,37,41H,4-7,12,19-26,28H2,1-3H3,(H,42,45)(H,43,46). The summed E-state index contributed by atoms with van der Waals surface area (Å²) in [6.45, 7) is 12.6. The Morgan fingerprint density at radius 1 is 0.878 bits per heavy atom. The van der Waals surface area contributed by atoms with Crippen LogP contribution < -0.4 is 25.4 Å². The second-order valence-corrected chi connectivity index (χ2v) is 13.0. The number of unbranched alkanes of at least 4 members (excludes halogenated alkanes) is 1. The third kappa shape index (κ3) is 9.98. The Balaban J connectivity index is 1.25. The predicted molar refractivity (Wildman–Crippen MR) is 196 cm³/mol. The van der Waals surface area contributed by atoms with Crippen molar-refractivity contribution in [1.29, 1.82) is 0 Å². The van der Waals surface area contributed by atoms with Gasteiger partial charge in [-0.05, 0) is 98.6 Å². The van der Waals surface area contributed by atoms with E-state index in [0.717, 1.165) is 76.0 Å². The number of rotatable bonds is 18. The second kappa shape index (κ2) is 18.6. The van der Waals surface area contributed by atoms with Gasteiger partial charge in [-0.2, -0.15) is 0 Å². The number of carbonyl (C=O) groups is 2. The summed E-state index contributed by atoms with van der Waals surface area (Å²) in [5.41, 5.74) is 5.19. The largest absolute Gasteiger partial charge is 0.493 e. The number of fused-ring (bicyclic) bond motifs is 3. The third-order valence-electron chi connectivity index (χ3n) is 9.73. The van der Waals surface area contributed by atoms with Gasteiger partial charge in [0.05, 0.1) is 18.9 Å². The molecule has 0 aromatic heterocycles. The highest BCUT2D eigenvalue weighted by Gasteiger charge is 2.31. The summed E-state index contributed by atoms with van der Waals surface area (Å²) in [6.07, 6.45) is 4.63. The summed E-state index contributed by atoms with van der Waals surface area (Å²) in [7, 11) is 0. The lowest BCUT2D eigenvalue weighted by Gasteiger charge is -2.27. The Hall–Kier alpha value is -4.08.